The summed E-state index contributed by atoms with van der Waals surface area (Å²) < 4.78 is 5.68. The van der Waals surface area contributed by atoms with Crippen LogP contribution in [0.15, 0.2) is 53.6 Å². The van der Waals surface area contributed by atoms with Crippen molar-refractivity contribution in [3.63, 3.8) is 0 Å². The lowest BCUT2D eigenvalue weighted by Crippen LogP contribution is -2.18. The van der Waals surface area contributed by atoms with E-state index in [4.69, 9.17) is 4.74 Å². The number of ether oxygens (including phenoxy) is 1. The SMILES string of the molecule is Cc1cccc2c1/C(=N/Nc1ccccc1)CCO2. The number of anilines is 1. The number of hydrazone groups is 1. The number of rotatable bonds is 2. The highest BCUT2D eigenvalue weighted by Crippen LogP contribution is 2.27. The zero-order valence-corrected chi connectivity index (χ0v) is 10.9. The predicted molar refractivity (Wildman–Crippen MR) is 77.9 cm³/mol. The van der Waals surface area contributed by atoms with Gasteiger partial charge in [-0.3, -0.25) is 5.43 Å². The maximum atomic E-state index is 5.68. The molecule has 3 nitrogen and oxygen atoms in total. The second kappa shape index (κ2) is 5.14. The molecule has 19 heavy (non-hydrogen) atoms. The molecule has 1 aliphatic heterocycles. The van der Waals surface area contributed by atoms with Crippen molar-refractivity contribution in [3.05, 3.63) is 59.7 Å². The summed E-state index contributed by atoms with van der Waals surface area (Å²) in [6, 6.07) is 16.1. The second-order valence-corrected chi connectivity index (χ2v) is 4.58. The largest absolute Gasteiger partial charge is 0.492 e. The van der Waals surface area contributed by atoms with Gasteiger partial charge in [0.15, 0.2) is 0 Å². The minimum atomic E-state index is 0.686. The molecular weight excluding hydrogens is 236 g/mol. The van der Waals surface area contributed by atoms with Crippen LogP contribution >= 0.6 is 0 Å². The topological polar surface area (TPSA) is 33.6 Å². The Labute approximate surface area is 112 Å². The lowest BCUT2D eigenvalue weighted by molar-refractivity contribution is 0.320. The number of aryl methyl sites for hydroxylation is 1. The molecule has 2 aromatic rings. The second-order valence-electron chi connectivity index (χ2n) is 4.58. The average molecular weight is 252 g/mol. The van der Waals surface area contributed by atoms with Gasteiger partial charge in [-0.05, 0) is 30.7 Å². The lowest BCUT2D eigenvalue weighted by atomic mass is 9.99. The molecule has 0 atom stereocenters. The molecule has 0 radical (unpaired) electrons. The van der Waals surface area contributed by atoms with Gasteiger partial charge in [-0.15, -0.1) is 0 Å². The maximum absolute atomic E-state index is 5.68. The van der Waals surface area contributed by atoms with Crippen molar-refractivity contribution in [1.29, 1.82) is 0 Å². The minimum Gasteiger partial charge on any atom is -0.492 e. The fraction of sp³-hybridized carbons (Fsp3) is 0.188. The van der Waals surface area contributed by atoms with Crippen LogP contribution in [0.2, 0.25) is 0 Å². The molecule has 0 aromatic heterocycles. The maximum Gasteiger partial charge on any atom is 0.128 e. The van der Waals surface area contributed by atoms with Crippen molar-refractivity contribution in [3.8, 4) is 5.75 Å². The van der Waals surface area contributed by atoms with Gasteiger partial charge in [0, 0.05) is 12.0 Å². The van der Waals surface area contributed by atoms with Crippen molar-refractivity contribution in [2.75, 3.05) is 12.0 Å². The summed E-state index contributed by atoms with van der Waals surface area (Å²) in [6.07, 6.45) is 0.831. The van der Waals surface area contributed by atoms with E-state index in [0.717, 1.165) is 29.1 Å². The molecule has 0 fully saturated rings. The Hall–Kier alpha value is -2.29. The van der Waals surface area contributed by atoms with Gasteiger partial charge in [-0.25, -0.2) is 0 Å². The minimum absolute atomic E-state index is 0.686. The van der Waals surface area contributed by atoms with Gasteiger partial charge in [0.25, 0.3) is 0 Å². The zero-order chi connectivity index (χ0) is 13.1. The van der Waals surface area contributed by atoms with Gasteiger partial charge in [-0.1, -0.05) is 30.3 Å². The van der Waals surface area contributed by atoms with Crippen LogP contribution in [-0.4, -0.2) is 12.3 Å². The van der Waals surface area contributed by atoms with E-state index in [1.807, 2.05) is 42.5 Å². The average Bonchev–Trinajstić information content (AvgIpc) is 2.46. The molecular formula is C16H16N2O. The molecule has 96 valence electrons. The summed E-state index contributed by atoms with van der Waals surface area (Å²) in [4.78, 5) is 0. The highest BCUT2D eigenvalue weighted by molar-refractivity contribution is 6.05. The van der Waals surface area contributed by atoms with Crippen LogP contribution in [0.4, 0.5) is 5.69 Å². The van der Waals surface area contributed by atoms with Gasteiger partial charge in [0.2, 0.25) is 0 Å². The molecule has 0 saturated carbocycles. The molecule has 0 unspecified atom stereocenters. The molecule has 3 rings (SSSR count). The third kappa shape index (κ3) is 2.45. The van der Waals surface area contributed by atoms with Crippen LogP contribution in [0.3, 0.4) is 0 Å². The predicted octanol–water partition coefficient (Wildman–Crippen LogP) is 3.59. The first-order chi connectivity index (χ1) is 9.34. The van der Waals surface area contributed by atoms with E-state index in [1.54, 1.807) is 0 Å². The van der Waals surface area contributed by atoms with E-state index in [2.05, 4.69) is 23.5 Å². The number of nitrogens with zero attached hydrogens (tertiary/aromatic N) is 1. The third-order valence-electron chi connectivity index (χ3n) is 3.21. The van der Waals surface area contributed by atoms with E-state index in [1.165, 1.54) is 5.56 Å². The van der Waals surface area contributed by atoms with Crippen LogP contribution < -0.4 is 10.2 Å². The number of benzene rings is 2. The van der Waals surface area contributed by atoms with E-state index >= 15 is 0 Å². The van der Waals surface area contributed by atoms with Gasteiger partial charge >= 0.3 is 0 Å². The Morgan fingerprint density at radius 1 is 1.05 bits per heavy atom. The normalized spacial score (nSPS) is 15.7. The zero-order valence-electron chi connectivity index (χ0n) is 10.9. The number of hydrogen-bond donors (Lipinski definition) is 1. The van der Waals surface area contributed by atoms with Crippen molar-refractivity contribution >= 4 is 11.4 Å². The fourth-order valence-corrected chi connectivity index (χ4v) is 2.27. The Balaban J connectivity index is 1.91. The molecule has 2 aromatic carbocycles. The highest BCUT2D eigenvalue weighted by Gasteiger charge is 2.18. The molecule has 0 spiro atoms. The Bertz CT molecular complexity index is 605. The van der Waals surface area contributed by atoms with Crippen molar-refractivity contribution in [1.82, 2.24) is 0 Å². The van der Waals surface area contributed by atoms with Gasteiger partial charge in [0.1, 0.15) is 5.75 Å². The summed E-state index contributed by atoms with van der Waals surface area (Å²) >= 11 is 0. The quantitative estimate of drug-likeness (QED) is 0.829. The van der Waals surface area contributed by atoms with E-state index < -0.39 is 0 Å². The number of para-hydroxylation sites is 1. The van der Waals surface area contributed by atoms with E-state index in [9.17, 15) is 0 Å². The summed E-state index contributed by atoms with van der Waals surface area (Å²) in [7, 11) is 0. The van der Waals surface area contributed by atoms with Gasteiger partial charge < -0.3 is 4.74 Å². The first-order valence-corrected chi connectivity index (χ1v) is 6.45. The van der Waals surface area contributed by atoms with Crippen molar-refractivity contribution in [2.24, 2.45) is 5.10 Å². The summed E-state index contributed by atoms with van der Waals surface area (Å²) in [6.45, 7) is 2.78. The first kappa shape index (κ1) is 11.8. The van der Waals surface area contributed by atoms with Crippen molar-refractivity contribution in [2.45, 2.75) is 13.3 Å². The fourth-order valence-electron chi connectivity index (χ4n) is 2.27. The number of fused-ring (bicyclic) bond motifs is 1. The van der Waals surface area contributed by atoms with E-state index in [-0.39, 0.29) is 0 Å². The molecule has 3 heteroatoms. The molecule has 1 aliphatic rings. The smallest absolute Gasteiger partial charge is 0.128 e. The number of nitrogens with one attached hydrogen (secondary N) is 1. The Morgan fingerprint density at radius 3 is 2.74 bits per heavy atom. The van der Waals surface area contributed by atoms with Crippen LogP contribution in [-0.2, 0) is 0 Å². The Kier molecular flexibility index (Phi) is 3.19. The Morgan fingerprint density at radius 2 is 1.89 bits per heavy atom. The molecule has 0 saturated heterocycles. The molecule has 0 aliphatic carbocycles. The number of hydrogen-bond acceptors (Lipinski definition) is 3. The molecule has 0 bridgehead atoms. The lowest BCUT2D eigenvalue weighted by Gasteiger charge is -2.20. The van der Waals surface area contributed by atoms with Crippen molar-refractivity contribution < 1.29 is 4.74 Å². The molecule has 1 N–H and O–H groups in total. The summed E-state index contributed by atoms with van der Waals surface area (Å²) in [5, 5.41) is 4.54. The van der Waals surface area contributed by atoms with Crippen LogP contribution in [0.25, 0.3) is 0 Å². The molecule has 0 amide bonds. The third-order valence-corrected chi connectivity index (χ3v) is 3.21. The first-order valence-electron chi connectivity index (χ1n) is 6.45. The van der Waals surface area contributed by atoms with Crippen LogP contribution in [0.1, 0.15) is 17.5 Å². The van der Waals surface area contributed by atoms with Gasteiger partial charge in [0.05, 0.1) is 18.0 Å². The summed E-state index contributed by atoms with van der Waals surface area (Å²) in [5.41, 5.74) is 7.49. The standard InChI is InChI=1S/C16H16N2O/c1-12-6-5-9-15-16(12)14(10-11-19-15)18-17-13-7-3-2-4-8-13/h2-9,17H,10-11H2,1H3/b18-14+. The summed E-state index contributed by atoms with van der Waals surface area (Å²) in [5.74, 6) is 0.930. The molecule has 1 heterocycles. The van der Waals surface area contributed by atoms with Crippen LogP contribution in [0.5, 0.6) is 5.75 Å². The highest BCUT2D eigenvalue weighted by atomic mass is 16.5. The van der Waals surface area contributed by atoms with Crippen LogP contribution in [0, 0.1) is 6.92 Å². The monoisotopic (exact) mass is 252 g/mol. The van der Waals surface area contributed by atoms with E-state index in [0.29, 0.717) is 6.61 Å². The van der Waals surface area contributed by atoms with Gasteiger partial charge in [-0.2, -0.15) is 5.10 Å².